The fourth-order valence-electron chi connectivity index (χ4n) is 2.86. The number of thioether (sulfide) groups is 1. The van der Waals surface area contributed by atoms with E-state index in [-0.39, 0.29) is 5.91 Å². The summed E-state index contributed by atoms with van der Waals surface area (Å²) in [5.41, 5.74) is -0.646. The molecule has 4 nitrogen and oxygen atoms in total. The molecule has 1 aliphatic carbocycles. The van der Waals surface area contributed by atoms with Gasteiger partial charge in [0.15, 0.2) is 0 Å². The molecule has 110 valence electrons. The Morgan fingerprint density at radius 3 is 2.63 bits per heavy atom. The largest absolute Gasteiger partial charge is 0.388 e. The van der Waals surface area contributed by atoms with Gasteiger partial charge in [-0.2, -0.15) is 0 Å². The van der Waals surface area contributed by atoms with Crippen molar-refractivity contribution in [3.05, 3.63) is 0 Å². The molecule has 0 aromatic heterocycles. The average Bonchev–Trinajstić information content (AvgIpc) is 2.45. The molecule has 5 heteroatoms. The van der Waals surface area contributed by atoms with E-state index in [2.05, 4.69) is 10.6 Å². The highest BCUT2D eigenvalue weighted by molar-refractivity contribution is 8.00. The molecule has 19 heavy (non-hydrogen) atoms. The van der Waals surface area contributed by atoms with Crippen LogP contribution in [0.4, 0.5) is 0 Å². The van der Waals surface area contributed by atoms with Crippen LogP contribution in [0.15, 0.2) is 0 Å². The summed E-state index contributed by atoms with van der Waals surface area (Å²) >= 11 is 1.76. The molecule has 0 unspecified atom stereocenters. The molecule has 2 aliphatic rings. The van der Waals surface area contributed by atoms with Gasteiger partial charge in [-0.25, -0.2) is 0 Å². The number of hydrogen-bond acceptors (Lipinski definition) is 4. The van der Waals surface area contributed by atoms with E-state index in [4.69, 9.17) is 0 Å². The first kappa shape index (κ1) is 15.1. The van der Waals surface area contributed by atoms with Gasteiger partial charge in [-0.05, 0) is 38.8 Å². The zero-order chi connectivity index (χ0) is 13.6. The Morgan fingerprint density at radius 2 is 1.95 bits per heavy atom. The van der Waals surface area contributed by atoms with Crippen LogP contribution in [0.2, 0.25) is 0 Å². The van der Waals surface area contributed by atoms with E-state index in [1.807, 2.05) is 0 Å². The van der Waals surface area contributed by atoms with Crippen LogP contribution in [-0.4, -0.2) is 47.3 Å². The number of nitrogens with one attached hydrogen (secondary N) is 2. The number of carbonyl (C=O) groups is 1. The van der Waals surface area contributed by atoms with E-state index >= 15 is 0 Å². The highest BCUT2D eigenvalue weighted by Crippen LogP contribution is 2.27. The smallest absolute Gasteiger partial charge is 0.230 e. The van der Waals surface area contributed by atoms with Crippen LogP contribution < -0.4 is 10.6 Å². The molecule has 3 N–H and O–H groups in total. The van der Waals surface area contributed by atoms with Gasteiger partial charge in [-0.1, -0.05) is 19.3 Å². The second-order valence-electron chi connectivity index (χ2n) is 5.82. The maximum atomic E-state index is 11.8. The average molecular weight is 286 g/mol. The molecule has 0 aromatic rings. The Hall–Kier alpha value is -0.260. The van der Waals surface area contributed by atoms with E-state index in [1.54, 1.807) is 11.8 Å². The number of hydrogen-bond donors (Lipinski definition) is 3. The maximum absolute atomic E-state index is 11.8. The Balaban J connectivity index is 1.61. The van der Waals surface area contributed by atoms with Gasteiger partial charge >= 0.3 is 0 Å². The van der Waals surface area contributed by atoms with Crippen molar-refractivity contribution in [1.29, 1.82) is 0 Å². The predicted octanol–water partition coefficient (Wildman–Crippen LogP) is 1.28. The molecule has 1 aliphatic heterocycles. The Morgan fingerprint density at radius 1 is 1.26 bits per heavy atom. The maximum Gasteiger partial charge on any atom is 0.230 e. The molecule has 0 bridgehead atoms. The predicted molar refractivity (Wildman–Crippen MR) is 79.4 cm³/mol. The van der Waals surface area contributed by atoms with Crippen molar-refractivity contribution in [1.82, 2.24) is 10.6 Å². The summed E-state index contributed by atoms with van der Waals surface area (Å²) in [6, 6.07) is 0. The minimum absolute atomic E-state index is 0.0718. The Labute approximate surface area is 120 Å². The zero-order valence-electron chi connectivity index (χ0n) is 11.6. The number of rotatable bonds is 5. The Kier molecular flexibility index (Phi) is 5.98. The second kappa shape index (κ2) is 7.50. The summed E-state index contributed by atoms with van der Waals surface area (Å²) in [5, 5.41) is 17.2. The first-order valence-electron chi connectivity index (χ1n) is 7.49. The summed E-state index contributed by atoms with van der Waals surface area (Å²) in [6.07, 6.45) is 7.33. The van der Waals surface area contributed by atoms with Crippen LogP contribution in [0, 0.1) is 0 Å². The SMILES string of the molecule is O=C(CSC1CCNCC1)NCC1(O)CCCCC1. The minimum atomic E-state index is -0.646. The summed E-state index contributed by atoms with van der Waals surface area (Å²) in [6.45, 7) is 2.57. The third-order valence-corrected chi connectivity index (χ3v) is 5.51. The van der Waals surface area contributed by atoms with Crippen molar-refractivity contribution < 1.29 is 9.90 Å². The van der Waals surface area contributed by atoms with Gasteiger partial charge in [0.2, 0.25) is 5.91 Å². The molecular formula is C14H26N2O2S. The van der Waals surface area contributed by atoms with E-state index in [1.165, 1.54) is 6.42 Å². The molecule has 1 heterocycles. The lowest BCUT2D eigenvalue weighted by atomic mass is 9.85. The Bertz CT molecular complexity index is 287. The van der Waals surface area contributed by atoms with Gasteiger partial charge in [0.1, 0.15) is 0 Å². The van der Waals surface area contributed by atoms with E-state index in [0.29, 0.717) is 17.5 Å². The number of amides is 1. The summed E-state index contributed by atoms with van der Waals surface area (Å²) in [4.78, 5) is 11.8. The van der Waals surface area contributed by atoms with Crippen molar-refractivity contribution in [2.24, 2.45) is 0 Å². The van der Waals surface area contributed by atoms with Crippen LogP contribution in [0.3, 0.4) is 0 Å². The molecule has 0 aromatic carbocycles. The first-order valence-corrected chi connectivity index (χ1v) is 8.54. The molecule has 1 amide bonds. The lowest BCUT2D eigenvalue weighted by Gasteiger charge is -2.32. The topological polar surface area (TPSA) is 61.4 Å². The third-order valence-electron chi connectivity index (χ3n) is 4.14. The van der Waals surface area contributed by atoms with Crippen molar-refractivity contribution >= 4 is 17.7 Å². The zero-order valence-corrected chi connectivity index (χ0v) is 12.4. The lowest BCUT2D eigenvalue weighted by Crippen LogP contribution is -2.44. The van der Waals surface area contributed by atoms with Crippen molar-refractivity contribution in [3.63, 3.8) is 0 Å². The lowest BCUT2D eigenvalue weighted by molar-refractivity contribution is -0.120. The molecule has 0 radical (unpaired) electrons. The fourth-order valence-corrected chi connectivity index (χ4v) is 3.91. The van der Waals surface area contributed by atoms with Gasteiger partial charge in [0.25, 0.3) is 0 Å². The van der Waals surface area contributed by atoms with Gasteiger partial charge in [-0.15, -0.1) is 11.8 Å². The van der Waals surface area contributed by atoms with Gasteiger partial charge in [0, 0.05) is 11.8 Å². The molecule has 0 spiro atoms. The molecule has 2 fully saturated rings. The monoisotopic (exact) mass is 286 g/mol. The van der Waals surface area contributed by atoms with E-state index < -0.39 is 5.60 Å². The first-order chi connectivity index (χ1) is 9.18. The second-order valence-corrected chi connectivity index (χ2v) is 7.11. The van der Waals surface area contributed by atoms with Crippen LogP contribution in [0.5, 0.6) is 0 Å². The quantitative estimate of drug-likeness (QED) is 0.712. The molecule has 0 atom stereocenters. The van der Waals surface area contributed by atoms with Gasteiger partial charge in [-0.3, -0.25) is 4.79 Å². The van der Waals surface area contributed by atoms with Gasteiger partial charge < -0.3 is 15.7 Å². The summed E-state index contributed by atoms with van der Waals surface area (Å²) in [5.74, 6) is 0.600. The fraction of sp³-hybridized carbons (Fsp3) is 0.929. The molecule has 1 saturated heterocycles. The highest BCUT2D eigenvalue weighted by atomic mass is 32.2. The van der Waals surface area contributed by atoms with Gasteiger partial charge in [0.05, 0.1) is 11.4 Å². The summed E-state index contributed by atoms with van der Waals surface area (Å²) in [7, 11) is 0. The van der Waals surface area contributed by atoms with E-state index in [0.717, 1.165) is 51.6 Å². The van der Waals surface area contributed by atoms with E-state index in [9.17, 15) is 9.90 Å². The normalized spacial score (nSPS) is 24.1. The molecule has 2 rings (SSSR count). The standard InChI is InChI=1S/C14H26N2O2S/c17-13(10-19-12-4-8-15-9-5-12)16-11-14(18)6-2-1-3-7-14/h12,15,18H,1-11H2,(H,16,17). The highest BCUT2D eigenvalue weighted by Gasteiger charge is 2.29. The molecular weight excluding hydrogens is 260 g/mol. The van der Waals surface area contributed by atoms with Crippen LogP contribution in [0.25, 0.3) is 0 Å². The number of aliphatic hydroxyl groups is 1. The minimum Gasteiger partial charge on any atom is -0.388 e. The van der Waals surface area contributed by atoms with Crippen LogP contribution in [0.1, 0.15) is 44.9 Å². The summed E-state index contributed by atoms with van der Waals surface area (Å²) < 4.78 is 0. The van der Waals surface area contributed by atoms with Crippen molar-refractivity contribution in [2.45, 2.75) is 55.8 Å². The third kappa shape index (κ3) is 5.32. The van der Waals surface area contributed by atoms with Crippen LogP contribution in [-0.2, 0) is 4.79 Å². The van der Waals surface area contributed by atoms with Crippen LogP contribution >= 0.6 is 11.8 Å². The molecule has 1 saturated carbocycles. The number of carbonyl (C=O) groups excluding carboxylic acids is 1. The van der Waals surface area contributed by atoms with Crippen molar-refractivity contribution in [2.75, 3.05) is 25.4 Å². The van der Waals surface area contributed by atoms with Crippen molar-refractivity contribution in [3.8, 4) is 0 Å². The number of piperidine rings is 1.